The molecule has 1 aliphatic heterocycles. The first-order valence-electron chi connectivity index (χ1n) is 9.32. The molecule has 0 bridgehead atoms. The van der Waals surface area contributed by atoms with Crippen LogP contribution in [0.15, 0.2) is 35.2 Å². The second-order valence-electron chi connectivity index (χ2n) is 7.08. The predicted octanol–water partition coefficient (Wildman–Crippen LogP) is 4.08. The number of benzene rings is 2. The Balaban J connectivity index is 1.60. The van der Waals surface area contributed by atoms with E-state index in [1.54, 1.807) is 18.2 Å². The van der Waals surface area contributed by atoms with E-state index >= 15 is 0 Å². The van der Waals surface area contributed by atoms with Crippen molar-refractivity contribution in [2.24, 2.45) is 0 Å². The van der Waals surface area contributed by atoms with E-state index in [4.69, 9.17) is 18.9 Å². The van der Waals surface area contributed by atoms with Gasteiger partial charge in [-0.3, -0.25) is 4.72 Å². The highest BCUT2D eigenvalue weighted by Crippen LogP contribution is 2.46. The average Bonchev–Trinajstić information content (AvgIpc) is 3.04. The summed E-state index contributed by atoms with van der Waals surface area (Å²) in [5.74, 6) is -0.346. The monoisotopic (exact) mass is 423 g/mol. The minimum Gasteiger partial charge on any atom is -0.493 e. The van der Waals surface area contributed by atoms with Crippen LogP contribution < -0.4 is 23.7 Å². The van der Waals surface area contributed by atoms with Crippen LogP contribution in [-0.2, 0) is 10.0 Å². The van der Waals surface area contributed by atoms with Gasteiger partial charge in [0, 0.05) is 31.0 Å². The maximum Gasteiger partial charge on any atom is 0.264 e. The van der Waals surface area contributed by atoms with Gasteiger partial charge in [0.25, 0.3) is 15.8 Å². The zero-order valence-electron chi connectivity index (χ0n) is 16.2. The van der Waals surface area contributed by atoms with Crippen molar-refractivity contribution in [3.8, 4) is 23.0 Å². The van der Waals surface area contributed by atoms with Gasteiger partial charge in [-0.2, -0.15) is 0 Å². The van der Waals surface area contributed by atoms with Crippen LogP contribution in [0.4, 0.5) is 10.1 Å². The van der Waals surface area contributed by atoms with E-state index in [0.29, 0.717) is 11.5 Å². The summed E-state index contributed by atoms with van der Waals surface area (Å²) in [6, 6.07) is 6.82. The van der Waals surface area contributed by atoms with Crippen molar-refractivity contribution >= 4 is 15.7 Å². The SMILES string of the molecule is COc1cc(F)c(S(=O)(=O)Nc2ccc3c(c2)OC2(CCCCC2)O3)cc1OC. The van der Waals surface area contributed by atoms with E-state index in [9.17, 15) is 12.8 Å². The van der Waals surface area contributed by atoms with Crippen molar-refractivity contribution < 1.29 is 31.8 Å². The quantitative estimate of drug-likeness (QED) is 0.780. The van der Waals surface area contributed by atoms with Crippen LogP contribution in [0.2, 0.25) is 0 Å². The fraction of sp³-hybridized carbons (Fsp3) is 0.400. The smallest absolute Gasteiger partial charge is 0.264 e. The van der Waals surface area contributed by atoms with Gasteiger partial charge in [-0.05, 0) is 25.0 Å². The predicted molar refractivity (Wildman–Crippen MR) is 104 cm³/mol. The molecular weight excluding hydrogens is 401 g/mol. The molecule has 2 aromatic rings. The molecule has 4 rings (SSSR count). The second-order valence-corrected chi connectivity index (χ2v) is 8.73. The Morgan fingerprint density at radius 2 is 1.62 bits per heavy atom. The lowest BCUT2D eigenvalue weighted by Crippen LogP contribution is -2.40. The number of ether oxygens (including phenoxy) is 4. The molecule has 1 heterocycles. The molecule has 1 aliphatic carbocycles. The van der Waals surface area contributed by atoms with Gasteiger partial charge < -0.3 is 18.9 Å². The lowest BCUT2D eigenvalue weighted by Gasteiger charge is -2.31. The van der Waals surface area contributed by atoms with E-state index in [2.05, 4.69) is 4.72 Å². The normalized spacial score (nSPS) is 17.2. The van der Waals surface area contributed by atoms with Crippen molar-refractivity contribution in [1.29, 1.82) is 0 Å². The van der Waals surface area contributed by atoms with Crippen LogP contribution in [0.1, 0.15) is 32.1 Å². The number of anilines is 1. The minimum absolute atomic E-state index is 0.102. The summed E-state index contributed by atoms with van der Waals surface area (Å²) in [6.07, 6.45) is 4.77. The first-order valence-corrected chi connectivity index (χ1v) is 10.8. The van der Waals surface area contributed by atoms with Crippen molar-refractivity contribution in [2.75, 3.05) is 18.9 Å². The number of sulfonamides is 1. The molecular formula is C20H22FNO6S. The second kappa shape index (κ2) is 7.29. The first-order chi connectivity index (χ1) is 13.9. The highest BCUT2D eigenvalue weighted by atomic mass is 32.2. The zero-order valence-corrected chi connectivity index (χ0v) is 17.0. The highest BCUT2D eigenvalue weighted by molar-refractivity contribution is 7.92. The lowest BCUT2D eigenvalue weighted by molar-refractivity contribution is -0.105. The molecule has 1 spiro atoms. The maximum absolute atomic E-state index is 14.4. The molecule has 1 N–H and O–H groups in total. The van der Waals surface area contributed by atoms with Crippen LogP contribution >= 0.6 is 0 Å². The molecule has 2 aromatic carbocycles. The molecule has 0 radical (unpaired) electrons. The third kappa shape index (κ3) is 3.66. The van der Waals surface area contributed by atoms with E-state index in [-0.39, 0.29) is 17.2 Å². The summed E-state index contributed by atoms with van der Waals surface area (Å²) in [5.41, 5.74) is 0.245. The maximum atomic E-state index is 14.4. The topological polar surface area (TPSA) is 83.1 Å². The summed E-state index contributed by atoms with van der Waals surface area (Å²) >= 11 is 0. The van der Waals surface area contributed by atoms with E-state index in [1.807, 2.05) is 0 Å². The number of rotatable bonds is 5. The number of hydrogen-bond acceptors (Lipinski definition) is 6. The largest absolute Gasteiger partial charge is 0.493 e. The Morgan fingerprint density at radius 1 is 0.966 bits per heavy atom. The van der Waals surface area contributed by atoms with Gasteiger partial charge in [-0.25, -0.2) is 12.8 Å². The molecule has 1 fully saturated rings. The van der Waals surface area contributed by atoms with Gasteiger partial charge in [0.05, 0.1) is 19.9 Å². The van der Waals surface area contributed by atoms with Crippen molar-refractivity contribution in [2.45, 2.75) is 42.8 Å². The Morgan fingerprint density at radius 3 is 2.31 bits per heavy atom. The molecule has 2 aliphatic rings. The molecule has 0 unspecified atom stereocenters. The van der Waals surface area contributed by atoms with Crippen molar-refractivity contribution in [1.82, 2.24) is 0 Å². The summed E-state index contributed by atoms with van der Waals surface area (Å²) < 4.78 is 64.4. The number of nitrogens with one attached hydrogen (secondary N) is 1. The summed E-state index contributed by atoms with van der Waals surface area (Å²) in [7, 11) is -1.52. The number of fused-ring (bicyclic) bond motifs is 1. The summed E-state index contributed by atoms with van der Waals surface area (Å²) in [6.45, 7) is 0. The number of methoxy groups -OCH3 is 2. The molecule has 0 aromatic heterocycles. The van der Waals surface area contributed by atoms with E-state index in [1.165, 1.54) is 14.2 Å². The van der Waals surface area contributed by atoms with Crippen LogP contribution in [-0.4, -0.2) is 28.4 Å². The van der Waals surface area contributed by atoms with Gasteiger partial charge in [-0.15, -0.1) is 0 Å². The molecule has 0 amide bonds. The molecule has 7 nitrogen and oxygen atoms in total. The Hall–Kier alpha value is -2.68. The summed E-state index contributed by atoms with van der Waals surface area (Å²) in [5, 5.41) is 0. The Labute approximate surface area is 168 Å². The molecule has 29 heavy (non-hydrogen) atoms. The van der Waals surface area contributed by atoms with Crippen molar-refractivity contribution in [3.63, 3.8) is 0 Å². The number of halogens is 1. The molecule has 0 saturated heterocycles. The van der Waals surface area contributed by atoms with Gasteiger partial charge in [0.2, 0.25) is 0 Å². The summed E-state index contributed by atoms with van der Waals surface area (Å²) in [4.78, 5) is -0.545. The third-order valence-corrected chi connectivity index (χ3v) is 6.53. The van der Waals surface area contributed by atoms with Gasteiger partial charge in [0.15, 0.2) is 23.0 Å². The standard InChI is InChI=1S/C20H22FNO6S/c1-25-16-11-14(21)19(12-17(16)26-2)29(23,24)22-13-6-7-15-18(10-13)28-20(27-15)8-4-3-5-9-20/h6-7,10-12,22H,3-5,8-9H2,1-2H3. The fourth-order valence-corrected chi connectivity index (χ4v) is 4.83. The lowest BCUT2D eigenvalue weighted by atomic mass is 9.94. The average molecular weight is 423 g/mol. The van der Waals surface area contributed by atoms with E-state index in [0.717, 1.165) is 44.2 Å². The molecule has 9 heteroatoms. The van der Waals surface area contributed by atoms with Crippen LogP contribution in [0.25, 0.3) is 0 Å². The third-order valence-electron chi connectivity index (χ3n) is 5.13. The number of hydrogen-bond donors (Lipinski definition) is 1. The van der Waals surface area contributed by atoms with Crippen LogP contribution in [0, 0.1) is 5.82 Å². The minimum atomic E-state index is -4.21. The fourth-order valence-electron chi connectivity index (χ4n) is 3.70. The highest BCUT2D eigenvalue weighted by Gasteiger charge is 2.42. The van der Waals surface area contributed by atoms with Gasteiger partial charge in [-0.1, -0.05) is 6.42 Å². The van der Waals surface area contributed by atoms with Crippen molar-refractivity contribution in [3.05, 3.63) is 36.1 Å². The van der Waals surface area contributed by atoms with Crippen LogP contribution in [0.5, 0.6) is 23.0 Å². The first kappa shape index (κ1) is 19.6. The van der Waals surface area contributed by atoms with E-state index < -0.39 is 26.5 Å². The van der Waals surface area contributed by atoms with Crippen LogP contribution in [0.3, 0.4) is 0 Å². The molecule has 156 valence electrons. The Kier molecular flexibility index (Phi) is 4.94. The molecule has 1 saturated carbocycles. The Bertz CT molecular complexity index is 1030. The zero-order chi connectivity index (χ0) is 20.6. The van der Waals surface area contributed by atoms with Gasteiger partial charge >= 0.3 is 0 Å². The van der Waals surface area contributed by atoms with Gasteiger partial charge in [0.1, 0.15) is 10.7 Å². The molecule has 0 atom stereocenters.